The van der Waals surface area contributed by atoms with E-state index in [1.54, 1.807) is 21.3 Å². The molecule has 0 saturated heterocycles. The highest BCUT2D eigenvalue weighted by Gasteiger charge is 2.25. The standard InChI is InChI=1S/C11H19NO3/c1-13-9-6-8(4-5-12)7-10(14-2)11(9)15-3/h6,10H,4-5,7,12H2,1-3H3. The Morgan fingerprint density at radius 3 is 2.53 bits per heavy atom. The molecule has 0 aromatic carbocycles. The summed E-state index contributed by atoms with van der Waals surface area (Å²) >= 11 is 0. The third-order valence-electron chi connectivity index (χ3n) is 2.51. The zero-order valence-corrected chi connectivity index (χ0v) is 9.58. The summed E-state index contributed by atoms with van der Waals surface area (Å²) in [6.45, 7) is 0.640. The van der Waals surface area contributed by atoms with Crippen molar-refractivity contribution in [2.75, 3.05) is 27.9 Å². The van der Waals surface area contributed by atoms with Crippen LogP contribution < -0.4 is 5.73 Å². The van der Waals surface area contributed by atoms with E-state index in [-0.39, 0.29) is 6.10 Å². The largest absolute Gasteiger partial charge is 0.494 e. The molecule has 1 atom stereocenters. The van der Waals surface area contributed by atoms with E-state index in [0.717, 1.165) is 24.4 Å². The first-order valence-corrected chi connectivity index (χ1v) is 5.01. The van der Waals surface area contributed by atoms with Crippen molar-refractivity contribution in [1.82, 2.24) is 0 Å². The number of rotatable bonds is 5. The van der Waals surface area contributed by atoms with Gasteiger partial charge in [0.15, 0.2) is 11.5 Å². The molecule has 4 heteroatoms. The Bertz CT molecular complexity index is 271. The van der Waals surface area contributed by atoms with Gasteiger partial charge in [-0.3, -0.25) is 0 Å². The molecule has 1 aliphatic rings. The van der Waals surface area contributed by atoms with Gasteiger partial charge in [0.2, 0.25) is 0 Å². The number of nitrogens with two attached hydrogens (primary N) is 1. The third kappa shape index (κ3) is 2.73. The van der Waals surface area contributed by atoms with E-state index >= 15 is 0 Å². The maximum atomic E-state index is 5.53. The van der Waals surface area contributed by atoms with Gasteiger partial charge in [-0.25, -0.2) is 0 Å². The minimum Gasteiger partial charge on any atom is -0.494 e. The molecule has 0 bridgehead atoms. The molecular weight excluding hydrogens is 194 g/mol. The Balaban J connectivity index is 2.92. The molecule has 2 N–H and O–H groups in total. The van der Waals surface area contributed by atoms with Gasteiger partial charge in [0.1, 0.15) is 6.10 Å². The Kier molecular flexibility index (Phi) is 4.65. The lowest BCUT2D eigenvalue weighted by Crippen LogP contribution is -2.22. The number of hydrogen-bond acceptors (Lipinski definition) is 4. The van der Waals surface area contributed by atoms with Crippen LogP contribution in [-0.4, -0.2) is 34.0 Å². The molecule has 1 rings (SSSR count). The molecule has 1 aliphatic carbocycles. The van der Waals surface area contributed by atoms with Crippen LogP contribution >= 0.6 is 0 Å². The van der Waals surface area contributed by atoms with Crippen molar-refractivity contribution in [3.05, 3.63) is 23.2 Å². The minimum absolute atomic E-state index is 0.0588. The van der Waals surface area contributed by atoms with Crippen molar-refractivity contribution < 1.29 is 14.2 Å². The fourth-order valence-electron chi connectivity index (χ4n) is 1.75. The van der Waals surface area contributed by atoms with Crippen LogP contribution in [0.3, 0.4) is 0 Å². The maximum Gasteiger partial charge on any atom is 0.166 e. The summed E-state index contributed by atoms with van der Waals surface area (Å²) in [5, 5.41) is 0. The SMILES string of the molecule is COC1=C(OC)C(OC)CC(CCN)=C1. The zero-order chi connectivity index (χ0) is 11.3. The lowest BCUT2D eigenvalue weighted by atomic mass is 9.97. The molecule has 0 aromatic rings. The summed E-state index contributed by atoms with van der Waals surface area (Å²) in [6, 6.07) is 0. The fraction of sp³-hybridized carbons (Fsp3) is 0.636. The van der Waals surface area contributed by atoms with E-state index in [4.69, 9.17) is 19.9 Å². The molecule has 15 heavy (non-hydrogen) atoms. The molecular formula is C11H19NO3. The van der Waals surface area contributed by atoms with Crippen LogP contribution in [0.1, 0.15) is 12.8 Å². The van der Waals surface area contributed by atoms with Crippen molar-refractivity contribution in [3.8, 4) is 0 Å². The third-order valence-corrected chi connectivity index (χ3v) is 2.51. The van der Waals surface area contributed by atoms with Gasteiger partial charge in [-0.2, -0.15) is 0 Å². The molecule has 1 unspecified atom stereocenters. The van der Waals surface area contributed by atoms with Crippen LogP contribution in [0.2, 0.25) is 0 Å². The summed E-state index contributed by atoms with van der Waals surface area (Å²) in [7, 11) is 4.92. The second-order valence-corrected chi connectivity index (χ2v) is 3.41. The fourth-order valence-corrected chi connectivity index (χ4v) is 1.75. The smallest absolute Gasteiger partial charge is 0.166 e. The van der Waals surface area contributed by atoms with Crippen molar-refractivity contribution in [2.45, 2.75) is 18.9 Å². The van der Waals surface area contributed by atoms with Crippen LogP contribution in [0, 0.1) is 0 Å². The van der Waals surface area contributed by atoms with E-state index < -0.39 is 0 Å². The van der Waals surface area contributed by atoms with Crippen LogP contribution in [0.15, 0.2) is 23.2 Å². The van der Waals surface area contributed by atoms with E-state index in [2.05, 4.69) is 0 Å². The monoisotopic (exact) mass is 213 g/mol. The molecule has 0 fully saturated rings. The molecule has 4 nitrogen and oxygen atoms in total. The second kappa shape index (κ2) is 5.78. The predicted octanol–water partition coefficient (Wildman–Crippen LogP) is 1.18. The van der Waals surface area contributed by atoms with Crippen LogP contribution in [0.4, 0.5) is 0 Å². The van der Waals surface area contributed by atoms with Crippen LogP contribution in [0.5, 0.6) is 0 Å². The van der Waals surface area contributed by atoms with Crippen molar-refractivity contribution in [3.63, 3.8) is 0 Å². The summed E-state index contributed by atoms with van der Waals surface area (Å²) in [4.78, 5) is 0. The minimum atomic E-state index is -0.0588. The Morgan fingerprint density at radius 2 is 2.07 bits per heavy atom. The van der Waals surface area contributed by atoms with Gasteiger partial charge in [-0.1, -0.05) is 5.57 Å². The highest BCUT2D eigenvalue weighted by molar-refractivity contribution is 5.30. The summed E-state index contributed by atoms with van der Waals surface area (Å²) in [5.74, 6) is 1.49. The molecule has 86 valence electrons. The number of allylic oxidation sites excluding steroid dienone is 1. The Labute approximate surface area is 90.7 Å². The topological polar surface area (TPSA) is 53.7 Å². The van der Waals surface area contributed by atoms with E-state index in [0.29, 0.717) is 6.54 Å². The van der Waals surface area contributed by atoms with Gasteiger partial charge in [0.25, 0.3) is 0 Å². The van der Waals surface area contributed by atoms with Crippen molar-refractivity contribution >= 4 is 0 Å². The van der Waals surface area contributed by atoms with Crippen LogP contribution in [-0.2, 0) is 14.2 Å². The van der Waals surface area contributed by atoms with Crippen LogP contribution in [0.25, 0.3) is 0 Å². The van der Waals surface area contributed by atoms with Gasteiger partial charge >= 0.3 is 0 Å². The zero-order valence-electron chi connectivity index (χ0n) is 9.58. The second-order valence-electron chi connectivity index (χ2n) is 3.41. The van der Waals surface area contributed by atoms with Gasteiger partial charge in [-0.05, 0) is 19.0 Å². The molecule has 0 radical (unpaired) electrons. The van der Waals surface area contributed by atoms with Gasteiger partial charge in [0, 0.05) is 13.5 Å². The molecule has 0 aromatic heterocycles. The molecule has 0 saturated carbocycles. The predicted molar refractivity (Wildman–Crippen MR) is 58.2 cm³/mol. The summed E-state index contributed by atoms with van der Waals surface area (Å²) in [6.07, 6.45) is 3.62. The Hall–Kier alpha value is -1.00. The lowest BCUT2D eigenvalue weighted by molar-refractivity contribution is 0.0647. The first kappa shape index (κ1) is 12.1. The number of hydrogen-bond donors (Lipinski definition) is 1. The van der Waals surface area contributed by atoms with Gasteiger partial charge in [-0.15, -0.1) is 0 Å². The van der Waals surface area contributed by atoms with E-state index in [9.17, 15) is 0 Å². The van der Waals surface area contributed by atoms with E-state index in [1.165, 1.54) is 5.57 Å². The lowest BCUT2D eigenvalue weighted by Gasteiger charge is -2.25. The first-order chi connectivity index (χ1) is 7.26. The van der Waals surface area contributed by atoms with E-state index in [1.807, 2.05) is 6.08 Å². The summed E-state index contributed by atoms with van der Waals surface area (Å²) < 4.78 is 15.9. The van der Waals surface area contributed by atoms with Crippen molar-refractivity contribution in [1.29, 1.82) is 0 Å². The maximum absolute atomic E-state index is 5.53. The first-order valence-electron chi connectivity index (χ1n) is 5.01. The molecule has 0 amide bonds. The summed E-state index contributed by atoms with van der Waals surface area (Å²) in [5.41, 5.74) is 6.77. The normalized spacial score (nSPS) is 21.3. The number of ether oxygens (including phenoxy) is 3. The van der Waals surface area contributed by atoms with Gasteiger partial charge in [0.05, 0.1) is 14.2 Å². The average Bonchev–Trinajstić information content (AvgIpc) is 2.28. The molecule has 0 spiro atoms. The Morgan fingerprint density at radius 1 is 1.33 bits per heavy atom. The number of methoxy groups -OCH3 is 3. The molecule has 0 heterocycles. The quantitative estimate of drug-likeness (QED) is 0.745. The van der Waals surface area contributed by atoms with Gasteiger partial charge < -0.3 is 19.9 Å². The average molecular weight is 213 g/mol. The van der Waals surface area contributed by atoms with Crippen molar-refractivity contribution in [2.24, 2.45) is 5.73 Å². The highest BCUT2D eigenvalue weighted by Crippen LogP contribution is 2.28. The highest BCUT2D eigenvalue weighted by atomic mass is 16.5. The molecule has 0 aliphatic heterocycles.